The van der Waals surface area contributed by atoms with Crippen molar-refractivity contribution in [1.82, 2.24) is 4.90 Å². The summed E-state index contributed by atoms with van der Waals surface area (Å²) < 4.78 is 25.6. The van der Waals surface area contributed by atoms with Crippen LogP contribution in [-0.4, -0.2) is 44.7 Å². The fourth-order valence-electron chi connectivity index (χ4n) is 0.748. The minimum absolute atomic E-state index is 0.525. The second kappa shape index (κ2) is 3.30. The Bertz CT molecular complexity index is 267. The molecule has 12 heavy (non-hydrogen) atoms. The molecule has 0 aromatic heterocycles. The summed E-state index contributed by atoms with van der Waals surface area (Å²) in [4.78, 5) is 12.4. The van der Waals surface area contributed by atoms with Crippen LogP contribution in [0.1, 0.15) is 6.42 Å². The number of hydrogen-bond acceptors (Lipinski definition) is 4. The smallest absolute Gasteiger partial charge is 0.410 e. The van der Waals surface area contributed by atoms with Crippen molar-refractivity contribution >= 4 is 15.9 Å². The van der Waals surface area contributed by atoms with Gasteiger partial charge in [0.1, 0.15) is 0 Å². The highest BCUT2D eigenvalue weighted by atomic mass is 32.2. The number of carbonyl (C=O) groups is 1. The van der Waals surface area contributed by atoms with Crippen LogP contribution >= 0.6 is 0 Å². The van der Waals surface area contributed by atoms with Gasteiger partial charge in [0.05, 0.1) is 0 Å². The Morgan fingerprint density at radius 3 is 2.42 bits per heavy atom. The summed E-state index contributed by atoms with van der Waals surface area (Å²) in [7, 11) is -3.21. The van der Waals surface area contributed by atoms with E-state index < -0.39 is 21.9 Å². The number of ether oxygens (including phenoxy) is 1. The Morgan fingerprint density at radius 2 is 2.08 bits per heavy atom. The van der Waals surface area contributed by atoms with Crippen LogP contribution in [0.3, 0.4) is 0 Å². The highest BCUT2D eigenvalue weighted by Gasteiger charge is 2.22. The van der Waals surface area contributed by atoms with Crippen LogP contribution in [-0.2, 0) is 14.6 Å². The number of hydrogen-bond donors (Lipinski definition) is 0. The molecule has 0 unspecified atom stereocenters. The molecule has 1 rings (SSSR count). The van der Waals surface area contributed by atoms with Crippen LogP contribution in [0.15, 0.2) is 0 Å². The summed E-state index contributed by atoms with van der Waals surface area (Å²) in [5.41, 5.74) is 0. The second-order valence-corrected chi connectivity index (χ2v) is 4.88. The van der Waals surface area contributed by atoms with Gasteiger partial charge < -0.3 is 9.64 Å². The van der Waals surface area contributed by atoms with E-state index in [2.05, 4.69) is 4.74 Å². The van der Waals surface area contributed by atoms with Gasteiger partial charge in [-0.2, -0.15) is 0 Å². The van der Waals surface area contributed by atoms with Crippen LogP contribution in [0.4, 0.5) is 4.79 Å². The van der Waals surface area contributed by atoms with Crippen molar-refractivity contribution in [2.24, 2.45) is 0 Å². The fraction of sp³-hybridized carbons (Fsp3) is 0.833. The van der Waals surface area contributed by atoms with E-state index in [4.69, 9.17) is 0 Å². The minimum Gasteiger partial charge on any atom is -0.433 e. The first-order valence-electron chi connectivity index (χ1n) is 3.58. The van der Waals surface area contributed by atoms with Crippen LogP contribution in [0.5, 0.6) is 0 Å². The lowest BCUT2D eigenvalue weighted by Crippen LogP contribution is -2.42. The minimum atomic E-state index is -3.21. The number of rotatable bonds is 2. The van der Waals surface area contributed by atoms with Gasteiger partial charge in [0.15, 0.2) is 15.8 Å². The predicted molar refractivity (Wildman–Crippen MR) is 42.4 cm³/mol. The van der Waals surface area contributed by atoms with Gasteiger partial charge in [-0.3, -0.25) is 0 Å². The van der Waals surface area contributed by atoms with E-state index >= 15 is 0 Å². The standard InChI is InChI=1S/C6H11NO4S/c1-12(9,10)5-11-6(8)7-3-2-4-7/h2-5H2,1H3. The third kappa shape index (κ3) is 2.69. The molecule has 0 aliphatic carbocycles. The first kappa shape index (κ1) is 9.31. The van der Waals surface area contributed by atoms with Crippen molar-refractivity contribution in [3.63, 3.8) is 0 Å². The Kier molecular flexibility index (Phi) is 2.56. The van der Waals surface area contributed by atoms with Gasteiger partial charge in [-0.05, 0) is 6.42 Å². The largest absolute Gasteiger partial charge is 0.433 e. The molecular formula is C6H11NO4S. The summed E-state index contributed by atoms with van der Waals surface area (Å²) in [6.45, 7) is 1.34. The average molecular weight is 193 g/mol. The molecule has 0 aromatic carbocycles. The molecule has 1 amide bonds. The zero-order valence-corrected chi connectivity index (χ0v) is 7.63. The predicted octanol–water partition coefficient (Wildman–Crippen LogP) is -0.169. The lowest BCUT2D eigenvalue weighted by molar-refractivity contribution is 0.0936. The normalized spacial score (nSPS) is 16.9. The van der Waals surface area contributed by atoms with Crippen molar-refractivity contribution in [3.8, 4) is 0 Å². The molecule has 5 nitrogen and oxygen atoms in total. The molecule has 1 fully saturated rings. The first-order chi connectivity index (χ1) is 5.49. The molecule has 1 heterocycles. The highest BCUT2D eigenvalue weighted by molar-refractivity contribution is 7.90. The van der Waals surface area contributed by atoms with E-state index in [1.807, 2.05) is 0 Å². The number of sulfone groups is 1. The summed E-state index contributed by atoms with van der Waals surface area (Å²) in [5, 5.41) is 0. The Labute approximate surface area is 71.2 Å². The first-order valence-corrected chi connectivity index (χ1v) is 5.64. The van der Waals surface area contributed by atoms with Crippen LogP contribution in [0, 0.1) is 0 Å². The van der Waals surface area contributed by atoms with Crippen LogP contribution in [0.2, 0.25) is 0 Å². The lowest BCUT2D eigenvalue weighted by atomic mass is 10.2. The molecule has 0 radical (unpaired) electrons. The molecule has 0 spiro atoms. The molecule has 70 valence electrons. The maximum Gasteiger partial charge on any atom is 0.410 e. The monoisotopic (exact) mass is 193 g/mol. The van der Waals surface area contributed by atoms with E-state index in [-0.39, 0.29) is 0 Å². The molecule has 1 aliphatic heterocycles. The molecule has 6 heteroatoms. The van der Waals surface area contributed by atoms with Gasteiger partial charge in [-0.25, -0.2) is 13.2 Å². The van der Waals surface area contributed by atoms with E-state index in [0.29, 0.717) is 13.1 Å². The van der Waals surface area contributed by atoms with Crippen molar-refractivity contribution in [2.45, 2.75) is 6.42 Å². The van der Waals surface area contributed by atoms with E-state index in [1.165, 1.54) is 4.90 Å². The molecule has 0 aromatic rings. The zero-order chi connectivity index (χ0) is 9.19. The topological polar surface area (TPSA) is 63.7 Å². The van der Waals surface area contributed by atoms with Crippen LogP contribution < -0.4 is 0 Å². The Morgan fingerprint density at radius 1 is 1.50 bits per heavy atom. The van der Waals surface area contributed by atoms with Gasteiger partial charge in [-0.1, -0.05) is 0 Å². The average Bonchev–Trinajstić information content (AvgIpc) is 1.78. The number of likely N-dealkylation sites (tertiary alicyclic amines) is 1. The number of carbonyl (C=O) groups excluding carboxylic acids is 1. The van der Waals surface area contributed by atoms with Crippen LogP contribution in [0.25, 0.3) is 0 Å². The summed E-state index contributed by atoms with van der Waals surface area (Å²) in [6.07, 6.45) is 1.45. The van der Waals surface area contributed by atoms with E-state index in [9.17, 15) is 13.2 Å². The van der Waals surface area contributed by atoms with Gasteiger partial charge in [0.25, 0.3) is 0 Å². The fourth-order valence-corrected chi connectivity index (χ4v) is 1.06. The van der Waals surface area contributed by atoms with Crippen molar-refractivity contribution in [1.29, 1.82) is 0 Å². The third-order valence-electron chi connectivity index (χ3n) is 1.51. The van der Waals surface area contributed by atoms with E-state index in [0.717, 1.165) is 12.7 Å². The molecule has 1 saturated heterocycles. The van der Waals surface area contributed by atoms with Crippen molar-refractivity contribution < 1.29 is 17.9 Å². The van der Waals surface area contributed by atoms with Gasteiger partial charge in [0.2, 0.25) is 0 Å². The quantitative estimate of drug-likeness (QED) is 0.610. The Hall–Kier alpha value is -0.780. The summed E-state index contributed by atoms with van der Waals surface area (Å²) in [6, 6.07) is 0. The molecule has 0 N–H and O–H groups in total. The SMILES string of the molecule is CS(=O)(=O)COC(=O)N1CCC1. The molecular weight excluding hydrogens is 182 g/mol. The lowest BCUT2D eigenvalue weighted by Gasteiger charge is -2.29. The van der Waals surface area contributed by atoms with Crippen molar-refractivity contribution in [3.05, 3.63) is 0 Å². The Balaban J connectivity index is 2.27. The second-order valence-electron chi connectivity index (χ2n) is 2.79. The van der Waals surface area contributed by atoms with Gasteiger partial charge in [-0.15, -0.1) is 0 Å². The van der Waals surface area contributed by atoms with Crippen molar-refractivity contribution in [2.75, 3.05) is 25.3 Å². The highest BCUT2D eigenvalue weighted by Crippen LogP contribution is 2.07. The van der Waals surface area contributed by atoms with Gasteiger partial charge in [0, 0.05) is 19.3 Å². The summed E-state index contributed by atoms with van der Waals surface area (Å²) >= 11 is 0. The maximum atomic E-state index is 10.9. The molecule has 0 atom stereocenters. The zero-order valence-electron chi connectivity index (χ0n) is 6.82. The summed E-state index contributed by atoms with van der Waals surface area (Å²) in [5.74, 6) is -0.525. The maximum absolute atomic E-state index is 10.9. The third-order valence-corrected chi connectivity index (χ3v) is 2.06. The molecule has 0 saturated carbocycles. The van der Waals surface area contributed by atoms with Gasteiger partial charge >= 0.3 is 6.09 Å². The van der Waals surface area contributed by atoms with E-state index in [1.54, 1.807) is 0 Å². The number of nitrogens with zero attached hydrogens (tertiary/aromatic N) is 1. The molecule has 0 bridgehead atoms. The molecule has 1 aliphatic rings. The number of amides is 1.